The molecule has 1 aliphatic heterocycles. The molecular weight excluding hydrogens is 322 g/mol. The molecule has 0 bridgehead atoms. The monoisotopic (exact) mass is 349 g/mol. The fourth-order valence-electron chi connectivity index (χ4n) is 3.70. The van der Waals surface area contributed by atoms with Crippen molar-refractivity contribution in [3.63, 3.8) is 0 Å². The quantitative estimate of drug-likeness (QED) is 0.577. The largest absolute Gasteiger partial charge is 0.383 e. The van der Waals surface area contributed by atoms with Crippen LogP contribution in [-0.4, -0.2) is 56.9 Å². The number of methoxy groups -OCH3 is 1. The second-order valence-corrected chi connectivity index (χ2v) is 6.66. The molecule has 2 amide bonds. The molecule has 0 radical (unpaired) electrons. The maximum Gasteiger partial charge on any atom is 0.241 e. The summed E-state index contributed by atoms with van der Waals surface area (Å²) in [4.78, 5) is 24.2. The molecule has 23 heavy (non-hydrogen) atoms. The molecule has 3 unspecified atom stereocenters. The smallest absolute Gasteiger partial charge is 0.241 e. The standard InChI is InChI=1S/C15H27N3O4.ClH/c1-14(2)12-10(5-4-7-22-12)15(14,16)13(20)18-9-11(19)17-6-8-21-3;/h10,12H,4-9,16H2,1-3H3,(H,17,19)(H,18,20);1H. The Labute approximate surface area is 143 Å². The van der Waals surface area contributed by atoms with Crippen LogP contribution in [0.25, 0.3) is 0 Å². The molecule has 7 nitrogen and oxygen atoms in total. The van der Waals surface area contributed by atoms with E-state index in [2.05, 4.69) is 10.6 Å². The molecule has 0 aromatic heterocycles. The number of halogens is 1. The number of ether oxygens (including phenoxy) is 2. The van der Waals surface area contributed by atoms with Gasteiger partial charge >= 0.3 is 0 Å². The third-order valence-corrected chi connectivity index (χ3v) is 5.10. The lowest BCUT2D eigenvalue weighted by molar-refractivity contribution is -0.225. The second-order valence-electron chi connectivity index (χ2n) is 6.66. The average Bonchev–Trinajstić information content (AvgIpc) is 2.52. The van der Waals surface area contributed by atoms with E-state index < -0.39 is 11.0 Å². The highest BCUT2D eigenvalue weighted by Gasteiger charge is 2.70. The van der Waals surface area contributed by atoms with Crippen molar-refractivity contribution in [3.05, 3.63) is 0 Å². The van der Waals surface area contributed by atoms with Gasteiger partial charge in [0.1, 0.15) is 5.54 Å². The summed E-state index contributed by atoms with van der Waals surface area (Å²) in [7, 11) is 1.56. The third kappa shape index (κ3) is 3.47. The Hall–Kier alpha value is -0.890. The fourth-order valence-corrected chi connectivity index (χ4v) is 3.70. The van der Waals surface area contributed by atoms with Gasteiger partial charge in [-0.1, -0.05) is 13.8 Å². The molecule has 134 valence electrons. The molecular formula is C15H28ClN3O4. The Bertz CT molecular complexity index is 446. The molecule has 2 fully saturated rings. The zero-order valence-corrected chi connectivity index (χ0v) is 14.8. The highest BCUT2D eigenvalue weighted by atomic mass is 35.5. The first-order valence-electron chi connectivity index (χ1n) is 7.80. The first-order valence-corrected chi connectivity index (χ1v) is 7.80. The number of hydrogen-bond acceptors (Lipinski definition) is 5. The molecule has 2 rings (SSSR count). The van der Waals surface area contributed by atoms with Gasteiger partial charge in [0.05, 0.1) is 19.3 Å². The van der Waals surface area contributed by atoms with Crippen molar-refractivity contribution >= 4 is 24.2 Å². The van der Waals surface area contributed by atoms with E-state index in [0.717, 1.165) is 19.4 Å². The lowest BCUT2D eigenvalue weighted by atomic mass is 9.46. The van der Waals surface area contributed by atoms with Crippen LogP contribution in [-0.2, 0) is 19.1 Å². The van der Waals surface area contributed by atoms with Crippen molar-refractivity contribution in [2.24, 2.45) is 17.1 Å². The van der Waals surface area contributed by atoms with E-state index >= 15 is 0 Å². The highest BCUT2D eigenvalue weighted by molar-refractivity contribution is 5.92. The van der Waals surface area contributed by atoms with Crippen molar-refractivity contribution in [2.45, 2.75) is 38.3 Å². The Kier molecular flexibility index (Phi) is 6.82. The van der Waals surface area contributed by atoms with Gasteiger partial charge in [-0.15, -0.1) is 12.4 Å². The van der Waals surface area contributed by atoms with Gasteiger partial charge < -0.3 is 25.8 Å². The molecule has 4 N–H and O–H groups in total. The van der Waals surface area contributed by atoms with Crippen LogP contribution < -0.4 is 16.4 Å². The minimum absolute atomic E-state index is 0. The molecule has 1 saturated heterocycles. The van der Waals surface area contributed by atoms with Gasteiger partial charge in [0, 0.05) is 31.6 Å². The topological polar surface area (TPSA) is 103 Å². The molecule has 0 aromatic carbocycles. The summed E-state index contributed by atoms with van der Waals surface area (Å²) >= 11 is 0. The van der Waals surface area contributed by atoms with E-state index in [-0.39, 0.29) is 42.8 Å². The lowest BCUT2D eigenvalue weighted by Gasteiger charge is -2.65. The molecule has 1 saturated carbocycles. The Morgan fingerprint density at radius 1 is 1.35 bits per heavy atom. The van der Waals surface area contributed by atoms with Crippen molar-refractivity contribution in [2.75, 3.05) is 33.4 Å². The molecule has 3 atom stereocenters. The molecule has 8 heteroatoms. The van der Waals surface area contributed by atoms with Crippen LogP contribution in [0.4, 0.5) is 0 Å². The number of amides is 2. The third-order valence-electron chi connectivity index (χ3n) is 5.10. The van der Waals surface area contributed by atoms with Crippen LogP contribution >= 0.6 is 12.4 Å². The van der Waals surface area contributed by atoms with Crippen molar-refractivity contribution in [3.8, 4) is 0 Å². The van der Waals surface area contributed by atoms with Gasteiger partial charge in [-0.05, 0) is 12.8 Å². The van der Waals surface area contributed by atoms with Crippen LogP contribution in [0.5, 0.6) is 0 Å². The number of nitrogens with one attached hydrogen (secondary N) is 2. The van der Waals surface area contributed by atoms with Crippen molar-refractivity contribution in [1.29, 1.82) is 0 Å². The molecule has 1 heterocycles. The van der Waals surface area contributed by atoms with Gasteiger partial charge in [-0.25, -0.2) is 0 Å². The minimum Gasteiger partial charge on any atom is -0.383 e. The predicted octanol–water partition coefficient (Wildman–Crippen LogP) is -0.180. The SMILES string of the molecule is COCCNC(=O)CNC(=O)C1(N)C2CCCOC2C1(C)C.Cl. The van der Waals surface area contributed by atoms with Gasteiger partial charge in [-0.3, -0.25) is 9.59 Å². The molecule has 1 aliphatic carbocycles. The zero-order valence-electron chi connectivity index (χ0n) is 14.0. The van der Waals surface area contributed by atoms with Gasteiger partial charge in [-0.2, -0.15) is 0 Å². The summed E-state index contributed by atoms with van der Waals surface area (Å²) < 4.78 is 10.6. The predicted molar refractivity (Wildman–Crippen MR) is 88.3 cm³/mol. The van der Waals surface area contributed by atoms with E-state index in [4.69, 9.17) is 15.2 Å². The van der Waals surface area contributed by atoms with Crippen LogP contribution in [0.1, 0.15) is 26.7 Å². The average molecular weight is 350 g/mol. The normalized spacial score (nSPS) is 31.1. The maximum absolute atomic E-state index is 12.6. The number of rotatable bonds is 6. The van der Waals surface area contributed by atoms with E-state index in [1.807, 2.05) is 13.8 Å². The van der Waals surface area contributed by atoms with E-state index in [1.165, 1.54) is 0 Å². The Balaban J connectivity index is 0.00000264. The summed E-state index contributed by atoms with van der Waals surface area (Å²) in [5.41, 5.74) is 5.03. The summed E-state index contributed by atoms with van der Waals surface area (Å²) in [5, 5.41) is 5.33. The number of carbonyl (C=O) groups excluding carboxylic acids is 2. The Morgan fingerprint density at radius 3 is 2.70 bits per heavy atom. The zero-order chi connectivity index (χ0) is 16.4. The van der Waals surface area contributed by atoms with Gasteiger partial charge in [0.25, 0.3) is 0 Å². The minimum atomic E-state index is -0.981. The summed E-state index contributed by atoms with van der Waals surface area (Å²) in [5.74, 6) is -0.499. The number of carbonyl (C=O) groups is 2. The highest BCUT2D eigenvalue weighted by Crippen LogP contribution is 2.57. The first kappa shape index (κ1) is 20.2. The van der Waals surface area contributed by atoms with Crippen LogP contribution in [0.15, 0.2) is 0 Å². The fraction of sp³-hybridized carbons (Fsp3) is 0.867. The number of hydrogen-bond donors (Lipinski definition) is 3. The first-order chi connectivity index (χ1) is 10.4. The second kappa shape index (κ2) is 7.79. The van der Waals surface area contributed by atoms with E-state index in [0.29, 0.717) is 13.2 Å². The number of nitrogens with two attached hydrogens (primary N) is 1. The van der Waals surface area contributed by atoms with Crippen molar-refractivity contribution < 1.29 is 19.1 Å². The summed E-state index contributed by atoms with van der Waals surface area (Å²) in [6.07, 6.45) is 1.83. The summed E-state index contributed by atoms with van der Waals surface area (Å²) in [6.45, 7) is 5.42. The van der Waals surface area contributed by atoms with Crippen LogP contribution in [0.3, 0.4) is 0 Å². The van der Waals surface area contributed by atoms with Gasteiger partial charge in [0.2, 0.25) is 11.8 Å². The molecule has 0 spiro atoms. The molecule has 2 aliphatic rings. The van der Waals surface area contributed by atoms with E-state index in [9.17, 15) is 9.59 Å². The lowest BCUT2D eigenvalue weighted by Crippen LogP contribution is -2.82. The van der Waals surface area contributed by atoms with Crippen LogP contribution in [0, 0.1) is 11.3 Å². The summed E-state index contributed by atoms with van der Waals surface area (Å²) in [6, 6.07) is 0. The number of fused-ring (bicyclic) bond motifs is 1. The van der Waals surface area contributed by atoms with E-state index in [1.54, 1.807) is 7.11 Å². The molecule has 0 aromatic rings. The van der Waals surface area contributed by atoms with Gasteiger partial charge in [0.15, 0.2) is 0 Å². The van der Waals surface area contributed by atoms with Crippen molar-refractivity contribution in [1.82, 2.24) is 10.6 Å². The van der Waals surface area contributed by atoms with Crippen LogP contribution in [0.2, 0.25) is 0 Å². The Morgan fingerprint density at radius 2 is 2.04 bits per heavy atom. The maximum atomic E-state index is 12.6.